The normalized spacial score (nSPS) is 16.3. The first-order valence-electron chi connectivity index (χ1n) is 7.86. The monoisotopic (exact) mass is 320 g/mol. The molecule has 1 atom stereocenters. The lowest BCUT2D eigenvalue weighted by molar-refractivity contribution is -0.126. The second-order valence-corrected chi connectivity index (χ2v) is 6.10. The van der Waals surface area contributed by atoms with Crippen LogP contribution in [-0.2, 0) is 11.2 Å². The highest BCUT2D eigenvalue weighted by atomic mass is 16.5. The van der Waals surface area contributed by atoms with Crippen LogP contribution in [0.25, 0.3) is 0 Å². The fourth-order valence-electron chi connectivity index (χ4n) is 2.95. The minimum Gasteiger partial charge on any atom is -0.478 e. The molecule has 24 heavy (non-hydrogen) atoms. The molecule has 0 fully saturated rings. The average Bonchev–Trinajstić information content (AvgIpc) is 2.54. The number of benzene rings is 2. The molecule has 122 valence electrons. The third kappa shape index (κ3) is 2.93. The van der Waals surface area contributed by atoms with E-state index in [9.17, 15) is 4.79 Å². The lowest BCUT2D eigenvalue weighted by Gasteiger charge is -2.33. The molecule has 1 aliphatic rings. The summed E-state index contributed by atoms with van der Waals surface area (Å²) in [5.41, 5.74) is 10.5. The standard InChI is InChI=1S/C20H20N2O2/c1-4-9-22-17-8-7-16(21)12-18(17)24-19(20(22)23)11-15-10-13(2)5-6-14(15)3/h1,5-8,10,12,19H,9,11,21H2,2-3H3. The number of hydrogen-bond donors (Lipinski definition) is 1. The van der Waals surface area contributed by atoms with E-state index in [0.717, 1.165) is 16.7 Å². The predicted octanol–water partition coefficient (Wildman–Crippen LogP) is 2.86. The average molecular weight is 320 g/mol. The fourth-order valence-corrected chi connectivity index (χ4v) is 2.95. The van der Waals surface area contributed by atoms with Crippen LogP contribution in [-0.4, -0.2) is 18.6 Å². The van der Waals surface area contributed by atoms with E-state index in [2.05, 4.69) is 24.1 Å². The molecule has 1 unspecified atom stereocenters. The Morgan fingerprint density at radius 1 is 1.25 bits per heavy atom. The molecule has 1 amide bonds. The number of nitrogen functional groups attached to an aromatic ring is 1. The van der Waals surface area contributed by atoms with Crippen LogP contribution in [0.2, 0.25) is 0 Å². The van der Waals surface area contributed by atoms with Crippen molar-refractivity contribution in [1.82, 2.24) is 0 Å². The Labute approximate surface area is 142 Å². The van der Waals surface area contributed by atoms with Gasteiger partial charge in [0.05, 0.1) is 12.2 Å². The van der Waals surface area contributed by atoms with Gasteiger partial charge in [-0.1, -0.05) is 29.7 Å². The molecule has 0 aliphatic carbocycles. The summed E-state index contributed by atoms with van der Waals surface area (Å²) < 4.78 is 5.96. The van der Waals surface area contributed by atoms with Gasteiger partial charge in [0.1, 0.15) is 5.75 Å². The molecule has 0 saturated heterocycles. The molecule has 0 saturated carbocycles. The number of nitrogens with two attached hydrogens (primary N) is 1. The number of rotatable bonds is 3. The van der Waals surface area contributed by atoms with Crippen LogP contribution < -0.4 is 15.4 Å². The minimum atomic E-state index is -0.604. The van der Waals surface area contributed by atoms with Crippen molar-refractivity contribution in [3.05, 3.63) is 53.1 Å². The van der Waals surface area contributed by atoms with Crippen molar-refractivity contribution >= 4 is 17.3 Å². The van der Waals surface area contributed by atoms with Crippen molar-refractivity contribution in [2.24, 2.45) is 0 Å². The van der Waals surface area contributed by atoms with Crippen molar-refractivity contribution in [2.45, 2.75) is 26.4 Å². The highest BCUT2D eigenvalue weighted by molar-refractivity contribution is 6.00. The van der Waals surface area contributed by atoms with Gasteiger partial charge >= 0.3 is 0 Å². The first kappa shape index (κ1) is 15.9. The first-order valence-corrected chi connectivity index (χ1v) is 7.86. The first-order chi connectivity index (χ1) is 11.5. The molecular formula is C20H20N2O2. The maximum atomic E-state index is 12.8. The van der Waals surface area contributed by atoms with Crippen LogP contribution in [0.3, 0.4) is 0 Å². The lowest BCUT2D eigenvalue weighted by Crippen LogP contribution is -2.47. The van der Waals surface area contributed by atoms with Gasteiger partial charge < -0.3 is 10.5 Å². The summed E-state index contributed by atoms with van der Waals surface area (Å²) in [7, 11) is 0. The van der Waals surface area contributed by atoms with E-state index in [1.807, 2.05) is 13.8 Å². The summed E-state index contributed by atoms with van der Waals surface area (Å²) in [4.78, 5) is 14.4. The summed E-state index contributed by atoms with van der Waals surface area (Å²) >= 11 is 0. The molecule has 4 nitrogen and oxygen atoms in total. The van der Waals surface area contributed by atoms with E-state index in [1.54, 1.807) is 23.1 Å². The summed E-state index contributed by atoms with van der Waals surface area (Å²) in [6, 6.07) is 11.5. The molecule has 0 radical (unpaired) electrons. The molecule has 0 spiro atoms. The largest absolute Gasteiger partial charge is 0.478 e. The van der Waals surface area contributed by atoms with Crippen LogP contribution in [0.15, 0.2) is 36.4 Å². The summed E-state index contributed by atoms with van der Waals surface area (Å²) in [6.45, 7) is 4.28. The van der Waals surface area contributed by atoms with Gasteiger partial charge in [-0.05, 0) is 37.1 Å². The van der Waals surface area contributed by atoms with E-state index in [0.29, 0.717) is 23.5 Å². The highest BCUT2D eigenvalue weighted by Gasteiger charge is 2.34. The van der Waals surface area contributed by atoms with Gasteiger partial charge in [0.2, 0.25) is 0 Å². The summed E-state index contributed by atoms with van der Waals surface area (Å²) in [5.74, 6) is 3.02. The summed E-state index contributed by atoms with van der Waals surface area (Å²) in [6.07, 6.45) is 5.34. The Hall–Kier alpha value is -2.93. The fraction of sp³-hybridized carbons (Fsp3) is 0.250. The molecular weight excluding hydrogens is 300 g/mol. The number of hydrogen-bond acceptors (Lipinski definition) is 3. The van der Waals surface area contributed by atoms with Gasteiger partial charge in [-0.2, -0.15) is 0 Å². The maximum absolute atomic E-state index is 12.8. The number of anilines is 2. The van der Waals surface area contributed by atoms with E-state index >= 15 is 0 Å². The van der Waals surface area contributed by atoms with Crippen molar-refractivity contribution in [3.8, 4) is 18.1 Å². The molecule has 2 aromatic carbocycles. The van der Waals surface area contributed by atoms with Crippen LogP contribution in [0.4, 0.5) is 11.4 Å². The van der Waals surface area contributed by atoms with Gasteiger partial charge in [0.25, 0.3) is 5.91 Å². The van der Waals surface area contributed by atoms with Crippen LogP contribution in [0.5, 0.6) is 5.75 Å². The second-order valence-electron chi connectivity index (χ2n) is 6.10. The smallest absolute Gasteiger partial charge is 0.269 e. The quantitative estimate of drug-likeness (QED) is 0.699. The number of nitrogens with zero attached hydrogens (tertiary/aromatic N) is 1. The van der Waals surface area contributed by atoms with Crippen molar-refractivity contribution in [1.29, 1.82) is 0 Å². The topological polar surface area (TPSA) is 55.6 Å². The number of terminal acetylenes is 1. The van der Waals surface area contributed by atoms with Gasteiger partial charge in [-0.25, -0.2) is 0 Å². The van der Waals surface area contributed by atoms with Crippen LogP contribution in [0, 0.1) is 26.2 Å². The van der Waals surface area contributed by atoms with Crippen molar-refractivity contribution < 1.29 is 9.53 Å². The number of carbonyl (C=O) groups is 1. The SMILES string of the molecule is C#CCN1C(=O)C(Cc2cc(C)ccc2C)Oc2cc(N)ccc21. The highest BCUT2D eigenvalue weighted by Crippen LogP contribution is 2.36. The van der Waals surface area contributed by atoms with Gasteiger partial charge in [-0.15, -0.1) is 6.42 Å². The molecule has 0 bridgehead atoms. The van der Waals surface area contributed by atoms with Crippen molar-refractivity contribution in [3.63, 3.8) is 0 Å². The molecule has 3 rings (SSSR count). The number of ether oxygens (including phenoxy) is 1. The van der Waals surface area contributed by atoms with Gasteiger partial charge in [-0.3, -0.25) is 9.69 Å². The van der Waals surface area contributed by atoms with E-state index in [1.165, 1.54) is 0 Å². The molecule has 1 aliphatic heterocycles. The minimum absolute atomic E-state index is 0.119. The number of carbonyl (C=O) groups excluding carboxylic acids is 1. The number of amides is 1. The zero-order chi connectivity index (χ0) is 17.3. The third-order valence-corrected chi connectivity index (χ3v) is 4.24. The van der Waals surface area contributed by atoms with E-state index in [4.69, 9.17) is 16.9 Å². The predicted molar refractivity (Wildman–Crippen MR) is 96.1 cm³/mol. The Morgan fingerprint density at radius 2 is 2.04 bits per heavy atom. The second kappa shape index (κ2) is 6.29. The maximum Gasteiger partial charge on any atom is 0.269 e. The Kier molecular flexibility index (Phi) is 4.18. The van der Waals surface area contributed by atoms with E-state index in [-0.39, 0.29) is 12.5 Å². The van der Waals surface area contributed by atoms with Crippen LogP contribution >= 0.6 is 0 Å². The zero-order valence-electron chi connectivity index (χ0n) is 13.9. The zero-order valence-corrected chi connectivity index (χ0v) is 13.9. The molecule has 0 aromatic heterocycles. The Balaban J connectivity index is 1.96. The van der Waals surface area contributed by atoms with Gasteiger partial charge in [0.15, 0.2) is 6.10 Å². The van der Waals surface area contributed by atoms with Crippen molar-refractivity contribution in [2.75, 3.05) is 17.2 Å². The summed E-state index contributed by atoms with van der Waals surface area (Å²) in [5, 5.41) is 0. The van der Waals surface area contributed by atoms with E-state index < -0.39 is 6.10 Å². The number of aryl methyl sites for hydroxylation is 2. The van der Waals surface area contributed by atoms with Crippen LogP contribution in [0.1, 0.15) is 16.7 Å². The molecule has 2 aromatic rings. The molecule has 1 heterocycles. The third-order valence-electron chi connectivity index (χ3n) is 4.24. The Morgan fingerprint density at radius 3 is 2.79 bits per heavy atom. The number of fused-ring (bicyclic) bond motifs is 1. The Bertz CT molecular complexity index is 836. The van der Waals surface area contributed by atoms with Gasteiger partial charge in [0, 0.05) is 18.2 Å². The molecule has 4 heteroatoms. The lowest BCUT2D eigenvalue weighted by atomic mass is 9.98. The molecule has 2 N–H and O–H groups in total.